The molecule has 3 N–H and O–H groups in total. The summed E-state index contributed by atoms with van der Waals surface area (Å²) in [4.78, 5) is 10.5. The number of fused-ring (bicyclic) bond motifs is 1. The Morgan fingerprint density at radius 2 is 1.60 bits per heavy atom. The standard InChI is InChI=1S/C29H34N4S2/c1-17(2)18-7-10-20(11-8-18)31-27-33-25(30)24(35-27)26-32-23(16-34-26)19-9-12-21-22(15-19)29(5,6)14-13-28(21,3)4/h7-12,15-17H,13-14,30H2,1-6H3,(H,31,33). The Bertz CT molecular complexity index is 1360. The van der Waals surface area contributed by atoms with Gasteiger partial charge in [-0.15, -0.1) is 11.3 Å². The lowest BCUT2D eigenvalue weighted by Crippen LogP contribution is -2.33. The fraction of sp³-hybridized carbons (Fsp3) is 0.379. The lowest BCUT2D eigenvalue weighted by Gasteiger charge is -2.42. The normalized spacial score (nSPS) is 16.3. The molecule has 35 heavy (non-hydrogen) atoms. The Morgan fingerprint density at radius 1 is 0.914 bits per heavy atom. The second kappa shape index (κ2) is 8.75. The van der Waals surface area contributed by atoms with Gasteiger partial charge < -0.3 is 11.1 Å². The Kier molecular flexibility index (Phi) is 6.01. The molecule has 1 aliphatic rings. The molecule has 182 valence electrons. The maximum absolute atomic E-state index is 6.32. The van der Waals surface area contributed by atoms with Crippen molar-refractivity contribution >= 4 is 39.3 Å². The van der Waals surface area contributed by atoms with Crippen molar-refractivity contribution in [3.63, 3.8) is 0 Å². The molecule has 2 heterocycles. The Balaban J connectivity index is 1.41. The molecule has 0 amide bonds. The number of hydrogen-bond acceptors (Lipinski definition) is 6. The van der Waals surface area contributed by atoms with Gasteiger partial charge in [0.15, 0.2) is 5.13 Å². The third-order valence-corrected chi connectivity index (χ3v) is 9.31. The summed E-state index contributed by atoms with van der Waals surface area (Å²) in [6.45, 7) is 13.8. The van der Waals surface area contributed by atoms with E-state index in [0.29, 0.717) is 11.7 Å². The number of thiazole rings is 2. The lowest BCUT2D eigenvalue weighted by molar-refractivity contribution is 0.332. The van der Waals surface area contributed by atoms with Gasteiger partial charge in [0.2, 0.25) is 0 Å². The summed E-state index contributed by atoms with van der Waals surface area (Å²) in [5.74, 6) is 1.03. The minimum Gasteiger partial charge on any atom is -0.382 e. The van der Waals surface area contributed by atoms with E-state index < -0.39 is 0 Å². The largest absolute Gasteiger partial charge is 0.382 e. The third-order valence-electron chi connectivity index (χ3n) is 7.33. The van der Waals surface area contributed by atoms with Crippen LogP contribution < -0.4 is 11.1 Å². The van der Waals surface area contributed by atoms with Gasteiger partial charge in [-0.1, -0.05) is 77.1 Å². The van der Waals surface area contributed by atoms with Crippen molar-refractivity contribution in [1.29, 1.82) is 0 Å². The van der Waals surface area contributed by atoms with E-state index in [1.165, 1.54) is 35.1 Å². The molecule has 6 heteroatoms. The lowest BCUT2D eigenvalue weighted by atomic mass is 9.63. The highest BCUT2D eigenvalue weighted by Crippen LogP contribution is 2.47. The van der Waals surface area contributed by atoms with Crippen LogP contribution in [0.5, 0.6) is 0 Å². The zero-order valence-electron chi connectivity index (χ0n) is 21.4. The molecular formula is C29H34N4S2. The molecule has 0 saturated heterocycles. The van der Waals surface area contributed by atoms with E-state index in [1.807, 2.05) is 0 Å². The Morgan fingerprint density at radius 3 is 2.29 bits per heavy atom. The smallest absolute Gasteiger partial charge is 0.189 e. The van der Waals surface area contributed by atoms with Crippen molar-refractivity contribution in [2.75, 3.05) is 11.1 Å². The molecule has 0 spiro atoms. The van der Waals surface area contributed by atoms with Crippen LogP contribution in [0.2, 0.25) is 0 Å². The van der Waals surface area contributed by atoms with E-state index >= 15 is 0 Å². The fourth-order valence-corrected chi connectivity index (χ4v) is 6.71. The Hall–Kier alpha value is -2.70. The van der Waals surface area contributed by atoms with Crippen LogP contribution >= 0.6 is 22.7 Å². The van der Waals surface area contributed by atoms with Gasteiger partial charge in [-0.05, 0) is 64.5 Å². The van der Waals surface area contributed by atoms with Gasteiger partial charge in [0.25, 0.3) is 0 Å². The quantitative estimate of drug-likeness (QED) is 0.286. The molecule has 0 atom stereocenters. The van der Waals surface area contributed by atoms with Crippen LogP contribution in [0, 0.1) is 0 Å². The first-order valence-electron chi connectivity index (χ1n) is 12.3. The zero-order chi connectivity index (χ0) is 25.0. The molecule has 4 aromatic rings. The molecule has 5 rings (SSSR count). The molecule has 0 unspecified atom stereocenters. The topological polar surface area (TPSA) is 63.8 Å². The van der Waals surface area contributed by atoms with Crippen LogP contribution in [-0.4, -0.2) is 9.97 Å². The van der Waals surface area contributed by atoms with E-state index in [-0.39, 0.29) is 10.8 Å². The van der Waals surface area contributed by atoms with Crippen LogP contribution in [0.25, 0.3) is 21.1 Å². The molecular weight excluding hydrogens is 468 g/mol. The second-order valence-electron chi connectivity index (χ2n) is 11.2. The number of nitrogens with two attached hydrogens (primary N) is 1. The summed E-state index contributed by atoms with van der Waals surface area (Å²) in [5.41, 5.74) is 14.1. The molecule has 0 aliphatic heterocycles. The maximum atomic E-state index is 6.32. The fourth-order valence-electron chi connectivity index (χ4n) is 4.87. The van der Waals surface area contributed by atoms with Crippen LogP contribution in [0.3, 0.4) is 0 Å². The van der Waals surface area contributed by atoms with Crippen LogP contribution in [-0.2, 0) is 10.8 Å². The van der Waals surface area contributed by atoms with E-state index in [2.05, 4.69) is 99.7 Å². The summed E-state index contributed by atoms with van der Waals surface area (Å²) in [6, 6.07) is 15.4. The van der Waals surface area contributed by atoms with Crippen molar-refractivity contribution in [3.8, 4) is 21.1 Å². The SMILES string of the molecule is CC(C)c1ccc(Nc2nc(N)c(-c3nc(-c4ccc5c(c4)C(C)(C)CCC5(C)C)cs3)s2)cc1. The third kappa shape index (κ3) is 4.62. The molecule has 4 nitrogen and oxygen atoms in total. The molecule has 1 aliphatic carbocycles. The first-order chi connectivity index (χ1) is 16.5. The highest BCUT2D eigenvalue weighted by molar-refractivity contribution is 7.23. The van der Waals surface area contributed by atoms with Gasteiger partial charge in [-0.3, -0.25) is 0 Å². The van der Waals surface area contributed by atoms with Crippen molar-refractivity contribution in [2.24, 2.45) is 0 Å². The van der Waals surface area contributed by atoms with Gasteiger partial charge in [0.05, 0.1) is 5.69 Å². The van der Waals surface area contributed by atoms with Crippen molar-refractivity contribution in [1.82, 2.24) is 9.97 Å². The van der Waals surface area contributed by atoms with Gasteiger partial charge in [-0.25, -0.2) is 9.97 Å². The zero-order valence-corrected chi connectivity index (χ0v) is 23.0. The molecule has 0 fully saturated rings. The van der Waals surface area contributed by atoms with E-state index in [9.17, 15) is 0 Å². The van der Waals surface area contributed by atoms with Gasteiger partial charge in [0.1, 0.15) is 15.7 Å². The number of anilines is 3. The number of nitrogens with zero attached hydrogens (tertiary/aromatic N) is 2. The molecule has 0 saturated carbocycles. The number of nitrogen functional groups attached to an aromatic ring is 1. The van der Waals surface area contributed by atoms with Crippen LogP contribution in [0.15, 0.2) is 47.8 Å². The number of aromatic nitrogens is 2. The molecule has 2 aromatic heterocycles. The van der Waals surface area contributed by atoms with Crippen molar-refractivity contribution in [3.05, 3.63) is 64.5 Å². The molecule has 0 radical (unpaired) electrons. The molecule has 0 bridgehead atoms. The first kappa shape index (κ1) is 24.0. The Labute approximate surface area is 216 Å². The predicted octanol–water partition coefficient (Wildman–Crippen LogP) is 8.73. The number of benzene rings is 2. The van der Waals surface area contributed by atoms with Crippen molar-refractivity contribution in [2.45, 2.75) is 71.1 Å². The monoisotopic (exact) mass is 502 g/mol. The van der Waals surface area contributed by atoms with Gasteiger partial charge >= 0.3 is 0 Å². The van der Waals surface area contributed by atoms with Crippen molar-refractivity contribution < 1.29 is 0 Å². The van der Waals surface area contributed by atoms with Crippen LogP contribution in [0.1, 0.15) is 77.0 Å². The summed E-state index contributed by atoms with van der Waals surface area (Å²) in [7, 11) is 0. The van der Waals surface area contributed by atoms with Gasteiger partial charge in [0, 0.05) is 16.6 Å². The highest BCUT2D eigenvalue weighted by Gasteiger charge is 2.37. The van der Waals surface area contributed by atoms with E-state index in [4.69, 9.17) is 10.7 Å². The van der Waals surface area contributed by atoms with Crippen LogP contribution in [0.4, 0.5) is 16.6 Å². The minimum atomic E-state index is 0.176. The predicted molar refractivity (Wildman–Crippen MR) is 152 cm³/mol. The minimum absolute atomic E-state index is 0.176. The maximum Gasteiger partial charge on any atom is 0.189 e. The molecule has 2 aromatic carbocycles. The van der Waals surface area contributed by atoms with Gasteiger partial charge in [-0.2, -0.15) is 0 Å². The number of nitrogens with one attached hydrogen (secondary N) is 1. The highest BCUT2D eigenvalue weighted by atomic mass is 32.1. The van der Waals surface area contributed by atoms with E-state index in [0.717, 1.165) is 26.4 Å². The summed E-state index contributed by atoms with van der Waals surface area (Å²) < 4.78 is 0. The number of hydrogen-bond donors (Lipinski definition) is 2. The average Bonchev–Trinajstić information content (AvgIpc) is 3.44. The second-order valence-corrected chi connectivity index (χ2v) is 13.1. The first-order valence-corrected chi connectivity index (χ1v) is 14.0. The van der Waals surface area contributed by atoms with E-state index in [1.54, 1.807) is 22.7 Å². The number of rotatable bonds is 5. The summed E-state index contributed by atoms with van der Waals surface area (Å²) in [6.07, 6.45) is 2.42. The summed E-state index contributed by atoms with van der Waals surface area (Å²) in [5, 5.41) is 7.22. The summed E-state index contributed by atoms with van der Waals surface area (Å²) >= 11 is 3.17. The average molecular weight is 503 g/mol.